The Kier molecular flexibility index (Phi) is 17.8. The summed E-state index contributed by atoms with van der Waals surface area (Å²) in [5.74, 6) is 0.407. The van der Waals surface area contributed by atoms with Crippen LogP contribution in [0.3, 0.4) is 0 Å². The average Bonchev–Trinajstić information content (AvgIpc) is 3.15. The van der Waals surface area contributed by atoms with Crippen molar-refractivity contribution in [2.75, 3.05) is 0 Å². The average molecular weight is 712 g/mol. The van der Waals surface area contributed by atoms with Crippen LogP contribution in [-0.2, 0) is 45.6 Å². The van der Waals surface area contributed by atoms with E-state index in [1.165, 1.54) is 0 Å². The molecule has 8 heteroatoms. The van der Waals surface area contributed by atoms with Gasteiger partial charge in [-0.05, 0) is 137 Å². The molecule has 0 aromatic heterocycles. The van der Waals surface area contributed by atoms with Crippen LogP contribution >= 0.6 is 0 Å². The van der Waals surface area contributed by atoms with Crippen molar-refractivity contribution < 1.29 is 15.3 Å². The van der Waals surface area contributed by atoms with E-state index in [0.717, 1.165) is 27.8 Å². The molecule has 0 aliphatic rings. The Balaban J connectivity index is 2.11. The van der Waals surface area contributed by atoms with Crippen LogP contribution in [0.5, 0.6) is 17.2 Å². The normalized spacial score (nSPS) is 11.4. The highest BCUT2D eigenvalue weighted by molar-refractivity contribution is 5.54. The molecule has 0 fully saturated rings. The number of phenolic OH excluding ortho intramolecular Hbond substituents is 3. The Hall–Kier alpha value is -6.54. The van der Waals surface area contributed by atoms with E-state index in [4.69, 9.17) is 0 Å². The molecule has 0 aliphatic heterocycles. The molecule has 3 aromatic rings. The summed E-state index contributed by atoms with van der Waals surface area (Å²) >= 11 is 0. The van der Waals surface area contributed by atoms with Gasteiger partial charge in [0.05, 0.1) is 0 Å². The lowest BCUT2D eigenvalue weighted by molar-refractivity contribution is 0.452. The smallest absolute Gasteiger partial charge is 0.124 e. The standard InChI is InChI=1S/C45H53N5O3/c1-6-11-16-46-29-34-21-37(27-39-23-35(30-47-17-12-7-2)25-41(44(39)52)32-49-19-14-9-4)43(51)38(22-34)28-40-24-36(31-48-18-13-8-3)26-42(45(40)53)33-50-20-15-10-5/h6-26,46-53H,1-5,27-33H2. The molecule has 0 aliphatic carbocycles. The Bertz CT molecular complexity index is 1750. The molecule has 0 saturated heterocycles. The van der Waals surface area contributed by atoms with Crippen molar-refractivity contribution in [3.63, 3.8) is 0 Å². The lowest BCUT2D eigenvalue weighted by Crippen LogP contribution is -2.10. The van der Waals surface area contributed by atoms with Gasteiger partial charge in [0, 0.05) is 56.7 Å². The van der Waals surface area contributed by atoms with Crippen LogP contribution in [0, 0.1) is 0 Å². The minimum absolute atomic E-state index is 0.103. The second-order valence-electron chi connectivity index (χ2n) is 12.0. The van der Waals surface area contributed by atoms with Crippen molar-refractivity contribution in [1.82, 2.24) is 26.6 Å². The van der Waals surface area contributed by atoms with E-state index >= 15 is 0 Å². The highest BCUT2D eigenvalue weighted by Gasteiger charge is 2.18. The first-order valence-electron chi connectivity index (χ1n) is 17.4. The molecule has 8 nitrogen and oxygen atoms in total. The van der Waals surface area contributed by atoms with Gasteiger partial charge in [-0.15, -0.1) is 0 Å². The Morgan fingerprint density at radius 1 is 0.358 bits per heavy atom. The van der Waals surface area contributed by atoms with Gasteiger partial charge in [0.25, 0.3) is 0 Å². The van der Waals surface area contributed by atoms with Gasteiger partial charge in [-0.3, -0.25) is 0 Å². The molecule has 0 bridgehead atoms. The van der Waals surface area contributed by atoms with Crippen LogP contribution in [0.2, 0.25) is 0 Å². The van der Waals surface area contributed by atoms with Crippen molar-refractivity contribution in [3.8, 4) is 17.2 Å². The first-order valence-corrected chi connectivity index (χ1v) is 17.4. The van der Waals surface area contributed by atoms with E-state index in [9.17, 15) is 15.3 Å². The fraction of sp³-hybridized carbons (Fsp3) is 0.156. The molecule has 0 heterocycles. The van der Waals surface area contributed by atoms with Gasteiger partial charge < -0.3 is 41.9 Å². The van der Waals surface area contributed by atoms with Crippen molar-refractivity contribution in [2.45, 2.75) is 45.6 Å². The first-order chi connectivity index (χ1) is 25.8. The van der Waals surface area contributed by atoms with Crippen LogP contribution in [-0.4, -0.2) is 15.3 Å². The molecular weight excluding hydrogens is 659 g/mol. The number of hydrogen-bond acceptors (Lipinski definition) is 8. The molecule has 0 atom stereocenters. The summed E-state index contributed by atoms with van der Waals surface area (Å²) in [6.07, 6.45) is 27.0. The number of allylic oxidation sites excluding steroid dienone is 10. The Morgan fingerprint density at radius 2 is 0.585 bits per heavy atom. The van der Waals surface area contributed by atoms with Crippen molar-refractivity contribution in [1.29, 1.82) is 0 Å². The molecule has 0 saturated carbocycles. The number of aromatic hydroxyl groups is 3. The number of nitrogens with one attached hydrogen (secondary N) is 5. The molecule has 53 heavy (non-hydrogen) atoms. The lowest BCUT2D eigenvalue weighted by atomic mass is 9.91. The highest BCUT2D eigenvalue weighted by atomic mass is 16.3. The number of rotatable bonds is 24. The van der Waals surface area contributed by atoms with Crippen molar-refractivity contribution in [2.24, 2.45) is 0 Å². The summed E-state index contributed by atoms with van der Waals surface area (Å²) in [4.78, 5) is 0. The third kappa shape index (κ3) is 13.6. The summed E-state index contributed by atoms with van der Waals surface area (Å²) in [6.45, 7) is 20.9. The predicted octanol–water partition coefficient (Wildman–Crippen LogP) is 7.93. The van der Waals surface area contributed by atoms with Crippen molar-refractivity contribution >= 4 is 0 Å². The molecule has 0 spiro atoms. The quantitative estimate of drug-likeness (QED) is 0.0442. The third-order valence-electron chi connectivity index (χ3n) is 8.00. The Labute approximate surface area is 315 Å². The molecule has 276 valence electrons. The highest BCUT2D eigenvalue weighted by Crippen LogP contribution is 2.35. The summed E-state index contributed by atoms with van der Waals surface area (Å²) in [7, 11) is 0. The zero-order valence-corrected chi connectivity index (χ0v) is 30.5. The van der Waals surface area contributed by atoms with E-state index in [1.54, 1.807) is 54.9 Å². The summed E-state index contributed by atoms with van der Waals surface area (Å²) in [5, 5.41) is 51.1. The van der Waals surface area contributed by atoms with Crippen molar-refractivity contribution in [3.05, 3.63) is 211 Å². The second-order valence-corrected chi connectivity index (χ2v) is 12.0. The SMILES string of the molecule is C=CC=CNCc1cc(CNC=CC=C)c(O)c(Cc2cc(CNC=CC=C)cc(Cc3cc(CNC=CC=C)cc(CNC=CC=C)c3O)c2O)c1. The first kappa shape index (κ1) is 40.9. The van der Waals surface area contributed by atoms with Gasteiger partial charge in [0.2, 0.25) is 0 Å². The number of hydrogen-bond donors (Lipinski definition) is 8. The van der Waals surface area contributed by atoms with Crippen LogP contribution in [0.4, 0.5) is 0 Å². The van der Waals surface area contributed by atoms with E-state index < -0.39 is 0 Å². The molecule has 0 amide bonds. The molecule has 0 radical (unpaired) electrons. The van der Waals surface area contributed by atoms with Gasteiger partial charge in [-0.2, -0.15) is 0 Å². The number of benzene rings is 3. The topological polar surface area (TPSA) is 121 Å². The minimum atomic E-state index is 0.103. The van der Waals surface area contributed by atoms with E-state index in [0.29, 0.717) is 55.0 Å². The zero-order chi connectivity index (χ0) is 38.3. The van der Waals surface area contributed by atoms with Crippen LogP contribution in [0.25, 0.3) is 0 Å². The summed E-state index contributed by atoms with van der Waals surface area (Å²) in [5.41, 5.74) is 6.92. The van der Waals surface area contributed by atoms with E-state index in [2.05, 4.69) is 59.5 Å². The van der Waals surface area contributed by atoms with Gasteiger partial charge in [0.15, 0.2) is 0 Å². The monoisotopic (exact) mass is 711 g/mol. The van der Waals surface area contributed by atoms with E-state index in [1.807, 2.05) is 73.2 Å². The van der Waals surface area contributed by atoms with Crippen LogP contribution in [0.15, 0.2) is 161 Å². The summed E-state index contributed by atoms with van der Waals surface area (Å²) < 4.78 is 0. The molecule has 3 aromatic carbocycles. The van der Waals surface area contributed by atoms with Crippen LogP contribution < -0.4 is 26.6 Å². The molecule has 8 N–H and O–H groups in total. The maximum Gasteiger partial charge on any atom is 0.124 e. The number of phenols is 3. The predicted molar refractivity (Wildman–Crippen MR) is 221 cm³/mol. The van der Waals surface area contributed by atoms with Gasteiger partial charge in [-0.25, -0.2) is 0 Å². The van der Waals surface area contributed by atoms with Gasteiger partial charge in [-0.1, -0.05) is 63.3 Å². The fourth-order valence-corrected chi connectivity index (χ4v) is 5.57. The minimum Gasteiger partial charge on any atom is -0.507 e. The van der Waals surface area contributed by atoms with Crippen LogP contribution in [0.1, 0.15) is 50.1 Å². The third-order valence-corrected chi connectivity index (χ3v) is 8.00. The van der Waals surface area contributed by atoms with Gasteiger partial charge in [0.1, 0.15) is 17.2 Å². The second kappa shape index (κ2) is 23.0. The summed E-state index contributed by atoms with van der Waals surface area (Å²) in [6, 6.07) is 11.7. The Morgan fingerprint density at radius 3 is 0.849 bits per heavy atom. The maximum absolute atomic E-state index is 11.9. The van der Waals surface area contributed by atoms with E-state index in [-0.39, 0.29) is 30.1 Å². The zero-order valence-electron chi connectivity index (χ0n) is 30.5. The lowest BCUT2D eigenvalue weighted by Gasteiger charge is -2.18. The molecule has 0 unspecified atom stereocenters. The molecule has 3 rings (SSSR count). The largest absolute Gasteiger partial charge is 0.507 e. The molecular formula is C45H53N5O3. The van der Waals surface area contributed by atoms with Gasteiger partial charge >= 0.3 is 0 Å². The maximum atomic E-state index is 11.9. The fourth-order valence-electron chi connectivity index (χ4n) is 5.57.